The van der Waals surface area contributed by atoms with Gasteiger partial charge in [0, 0.05) is 12.4 Å². The van der Waals surface area contributed by atoms with Crippen LogP contribution >= 0.6 is 0 Å². The number of nitrogens with one attached hydrogen (secondary N) is 1. The number of rotatable bonds is 5. The average molecular weight is 206 g/mol. The lowest BCUT2D eigenvalue weighted by Crippen LogP contribution is -2.24. The molecular formula is C13H22N2. The quantitative estimate of drug-likeness (QED) is 0.801. The molecule has 0 saturated heterocycles. The molecule has 0 radical (unpaired) electrons. The molecule has 0 aliphatic rings. The summed E-state index contributed by atoms with van der Waals surface area (Å²) in [5.74, 6) is 1.21. The Bertz CT molecular complexity index is 296. The van der Waals surface area contributed by atoms with Crippen LogP contribution in [0.5, 0.6) is 0 Å². The van der Waals surface area contributed by atoms with Crippen LogP contribution in [0.3, 0.4) is 0 Å². The molecule has 2 atom stereocenters. The lowest BCUT2D eigenvalue weighted by Gasteiger charge is -2.21. The fraction of sp³-hybridized carbons (Fsp3) is 0.615. The Balaban J connectivity index is 2.67. The van der Waals surface area contributed by atoms with Crippen LogP contribution in [0.4, 0.5) is 0 Å². The van der Waals surface area contributed by atoms with E-state index in [4.69, 9.17) is 0 Å². The number of aromatic nitrogens is 1. The Hall–Kier alpha value is -0.890. The Morgan fingerprint density at radius 2 is 2.13 bits per heavy atom. The van der Waals surface area contributed by atoms with Gasteiger partial charge in [0.25, 0.3) is 0 Å². The fourth-order valence-electron chi connectivity index (χ4n) is 1.81. The van der Waals surface area contributed by atoms with Gasteiger partial charge in [-0.2, -0.15) is 0 Å². The Morgan fingerprint density at radius 1 is 1.40 bits per heavy atom. The van der Waals surface area contributed by atoms with E-state index in [-0.39, 0.29) is 0 Å². The maximum absolute atomic E-state index is 4.21. The van der Waals surface area contributed by atoms with E-state index in [1.165, 1.54) is 11.1 Å². The van der Waals surface area contributed by atoms with E-state index in [1.54, 1.807) is 0 Å². The maximum Gasteiger partial charge on any atom is 0.0305 e. The summed E-state index contributed by atoms with van der Waals surface area (Å²) in [5.41, 5.74) is 2.73. The maximum atomic E-state index is 4.21. The minimum atomic E-state index is 0.567. The van der Waals surface area contributed by atoms with Gasteiger partial charge in [-0.3, -0.25) is 4.98 Å². The van der Waals surface area contributed by atoms with Crippen molar-refractivity contribution in [1.29, 1.82) is 0 Å². The van der Waals surface area contributed by atoms with E-state index in [0.717, 1.165) is 13.1 Å². The van der Waals surface area contributed by atoms with Gasteiger partial charge in [-0.25, -0.2) is 0 Å². The number of pyridine rings is 1. The van der Waals surface area contributed by atoms with Crippen LogP contribution in [0.2, 0.25) is 0 Å². The highest BCUT2D eigenvalue weighted by Crippen LogP contribution is 2.25. The van der Waals surface area contributed by atoms with Gasteiger partial charge in [0.2, 0.25) is 0 Å². The van der Waals surface area contributed by atoms with Crippen molar-refractivity contribution in [3.8, 4) is 0 Å². The number of nitrogens with zero attached hydrogens (tertiary/aromatic N) is 1. The molecule has 0 bridgehead atoms. The Labute approximate surface area is 93.1 Å². The van der Waals surface area contributed by atoms with Gasteiger partial charge in [0.1, 0.15) is 0 Å². The molecular weight excluding hydrogens is 184 g/mol. The molecule has 0 spiro atoms. The molecule has 2 unspecified atom stereocenters. The Kier molecular flexibility index (Phi) is 4.76. The summed E-state index contributed by atoms with van der Waals surface area (Å²) >= 11 is 0. The predicted molar refractivity (Wildman–Crippen MR) is 65.1 cm³/mol. The first kappa shape index (κ1) is 12.2. The third-order valence-corrected chi connectivity index (χ3v) is 3.14. The van der Waals surface area contributed by atoms with Crippen molar-refractivity contribution < 1.29 is 0 Å². The molecule has 1 aromatic rings. The first-order chi connectivity index (χ1) is 7.16. The van der Waals surface area contributed by atoms with E-state index in [2.05, 4.69) is 44.1 Å². The Morgan fingerprint density at radius 3 is 2.73 bits per heavy atom. The minimum Gasteiger partial charge on any atom is -0.317 e. The predicted octanol–water partition coefficient (Wildman–Crippen LogP) is 2.74. The third kappa shape index (κ3) is 3.31. The second kappa shape index (κ2) is 5.86. The first-order valence-electron chi connectivity index (χ1n) is 5.78. The van der Waals surface area contributed by atoms with Crippen molar-refractivity contribution in [2.45, 2.75) is 33.6 Å². The molecule has 2 nitrogen and oxygen atoms in total. The van der Waals surface area contributed by atoms with Crippen LogP contribution in [0.25, 0.3) is 0 Å². The summed E-state index contributed by atoms with van der Waals surface area (Å²) < 4.78 is 0. The van der Waals surface area contributed by atoms with E-state index in [1.807, 2.05) is 12.4 Å². The fourth-order valence-corrected chi connectivity index (χ4v) is 1.81. The highest BCUT2D eigenvalue weighted by Gasteiger charge is 2.15. The van der Waals surface area contributed by atoms with Crippen molar-refractivity contribution in [2.75, 3.05) is 13.1 Å². The first-order valence-corrected chi connectivity index (χ1v) is 5.78. The lowest BCUT2D eigenvalue weighted by atomic mass is 9.87. The molecule has 1 heterocycles. The molecule has 0 aliphatic heterocycles. The lowest BCUT2D eigenvalue weighted by molar-refractivity contribution is 0.452. The third-order valence-electron chi connectivity index (χ3n) is 3.14. The highest BCUT2D eigenvalue weighted by atomic mass is 14.8. The minimum absolute atomic E-state index is 0.567. The summed E-state index contributed by atoms with van der Waals surface area (Å²) in [7, 11) is 0. The molecule has 2 heteroatoms. The SMILES string of the molecule is CCNCC(C)C(C)c1cnccc1C. The summed E-state index contributed by atoms with van der Waals surface area (Å²) in [6.45, 7) is 11.0. The molecule has 0 fully saturated rings. The smallest absolute Gasteiger partial charge is 0.0305 e. The molecule has 15 heavy (non-hydrogen) atoms. The molecule has 1 N–H and O–H groups in total. The second-order valence-electron chi connectivity index (χ2n) is 4.31. The van der Waals surface area contributed by atoms with Crippen LogP contribution in [-0.2, 0) is 0 Å². The summed E-state index contributed by atoms with van der Waals surface area (Å²) in [4.78, 5) is 4.21. The van der Waals surface area contributed by atoms with Gasteiger partial charge in [-0.15, -0.1) is 0 Å². The van der Waals surface area contributed by atoms with Crippen LogP contribution < -0.4 is 5.32 Å². The zero-order chi connectivity index (χ0) is 11.3. The van der Waals surface area contributed by atoms with Crippen LogP contribution in [0.1, 0.15) is 37.8 Å². The largest absolute Gasteiger partial charge is 0.317 e. The summed E-state index contributed by atoms with van der Waals surface area (Å²) in [6, 6.07) is 2.09. The summed E-state index contributed by atoms with van der Waals surface area (Å²) in [6.07, 6.45) is 3.86. The van der Waals surface area contributed by atoms with Gasteiger partial charge >= 0.3 is 0 Å². The van der Waals surface area contributed by atoms with Gasteiger partial charge in [0.15, 0.2) is 0 Å². The molecule has 0 aliphatic carbocycles. The average Bonchev–Trinajstić information content (AvgIpc) is 2.25. The van der Waals surface area contributed by atoms with Crippen LogP contribution in [0.15, 0.2) is 18.5 Å². The van der Waals surface area contributed by atoms with Crippen LogP contribution in [0, 0.1) is 12.8 Å². The van der Waals surface area contributed by atoms with E-state index >= 15 is 0 Å². The van der Waals surface area contributed by atoms with Crippen molar-refractivity contribution in [2.24, 2.45) is 5.92 Å². The number of aryl methyl sites for hydroxylation is 1. The van der Waals surface area contributed by atoms with Gasteiger partial charge in [0.05, 0.1) is 0 Å². The standard InChI is InChI=1S/C13H22N2/c1-5-14-8-11(3)12(4)13-9-15-7-6-10(13)2/h6-7,9,11-12,14H,5,8H2,1-4H3. The van der Waals surface area contributed by atoms with E-state index in [0.29, 0.717) is 11.8 Å². The van der Waals surface area contributed by atoms with Gasteiger partial charge in [-0.1, -0.05) is 20.8 Å². The highest BCUT2D eigenvalue weighted by molar-refractivity contribution is 5.25. The van der Waals surface area contributed by atoms with E-state index < -0.39 is 0 Å². The summed E-state index contributed by atoms with van der Waals surface area (Å²) in [5, 5.41) is 3.40. The molecule has 84 valence electrons. The number of hydrogen-bond acceptors (Lipinski definition) is 2. The molecule has 1 rings (SSSR count). The molecule has 1 aromatic heterocycles. The molecule has 0 amide bonds. The van der Waals surface area contributed by atoms with E-state index in [9.17, 15) is 0 Å². The zero-order valence-corrected chi connectivity index (χ0v) is 10.2. The van der Waals surface area contributed by atoms with Crippen LogP contribution in [-0.4, -0.2) is 18.1 Å². The monoisotopic (exact) mass is 206 g/mol. The number of hydrogen-bond donors (Lipinski definition) is 1. The van der Waals surface area contributed by atoms with Crippen molar-refractivity contribution in [3.63, 3.8) is 0 Å². The topological polar surface area (TPSA) is 24.9 Å². The van der Waals surface area contributed by atoms with Crippen molar-refractivity contribution in [1.82, 2.24) is 10.3 Å². The van der Waals surface area contributed by atoms with Crippen molar-refractivity contribution >= 4 is 0 Å². The van der Waals surface area contributed by atoms with Gasteiger partial charge in [-0.05, 0) is 49.0 Å². The van der Waals surface area contributed by atoms with Gasteiger partial charge < -0.3 is 5.32 Å². The second-order valence-corrected chi connectivity index (χ2v) is 4.31. The molecule has 0 aromatic carbocycles. The molecule has 0 saturated carbocycles. The normalized spacial score (nSPS) is 14.9. The van der Waals surface area contributed by atoms with Crippen molar-refractivity contribution in [3.05, 3.63) is 29.6 Å². The zero-order valence-electron chi connectivity index (χ0n) is 10.2.